The van der Waals surface area contributed by atoms with Gasteiger partial charge >= 0.3 is 0 Å². The first-order chi connectivity index (χ1) is 11.5. The topological polar surface area (TPSA) is 88.1 Å². The van der Waals surface area contributed by atoms with Gasteiger partial charge in [-0.25, -0.2) is 9.97 Å². The van der Waals surface area contributed by atoms with Crippen molar-refractivity contribution in [2.75, 3.05) is 20.0 Å². The van der Waals surface area contributed by atoms with Gasteiger partial charge in [0.1, 0.15) is 16.5 Å². The van der Waals surface area contributed by atoms with Gasteiger partial charge in [0.05, 0.1) is 37.4 Å². The number of nitrogen functional groups attached to an aromatic ring is 1. The lowest BCUT2D eigenvalue weighted by Crippen LogP contribution is -2.08. The Balaban J connectivity index is 2.12. The summed E-state index contributed by atoms with van der Waals surface area (Å²) in [5, 5.41) is 1.08. The Morgan fingerprint density at radius 2 is 1.88 bits per heavy atom. The van der Waals surface area contributed by atoms with Crippen LogP contribution in [0.15, 0.2) is 12.3 Å². The molecule has 3 rings (SSSR count). The zero-order valence-corrected chi connectivity index (χ0v) is 14.7. The maximum Gasteiger partial charge on any atom is 0.223 e. The second-order valence-corrected chi connectivity index (χ2v) is 5.76. The van der Waals surface area contributed by atoms with E-state index in [9.17, 15) is 0 Å². The predicted octanol–water partition coefficient (Wildman–Crippen LogP) is 2.74. The molecular formula is C16H18ClN5O2. The minimum Gasteiger partial charge on any atom is -0.496 e. The SMILES string of the molecule is COc1nc(Cn2ccc3c(Cl)nc(N)nc32)c(C)c(OC)c1C. The van der Waals surface area contributed by atoms with E-state index >= 15 is 0 Å². The first-order valence-corrected chi connectivity index (χ1v) is 7.70. The summed E-state index contributed by atoms with van der Waals surface area (Å²) in [5.41, 5.74) is 9.01. The summed E-state index contributed by atoms with van der Waals surface area (Å²) in [6.45, 7) is 4.37. The standard InChI is InChI=1S/C16H18ClN5O2/c1-8-11(19-15(24-4)9(2)12(8)23-3)7-22-6-5-10-13(17)20-16(18)21-14(10)22/h5-6H,7H2,1-4H3,(H2,18,20,21). The van der Waals surface area contributed by atoms with Crippen molar-refractivity contribution >= 4 is 28.6 Å². The fourth-order valence-corrected chi connectivity index (χ4v) is 3.03. The molecule has 3 aromatic heterocycles. The fourth-order valence-electron chi connectivity index (χ4n) is 2.79. The summed E-state index contributed by atoms with van der Waals surface area (Å²) >= 11 is 6.13. The molecule has 2 N–H and O–H groups in total. The van der Waals surface area contributed by atoms with Gasteiger partial charge in [-0.2, -0.15) is 4.98 Å². The van der Waals surface area contributed by atoms with Crippen LogP contribution in [0.1, 0.15) is 16.8 Å². The van der Waals surface area contributed by atoms with Gasteiger partial charge in [0, 0.05) is 11.8 Å². The minimum atomic E-state index is 0.135. The molecule has 0 aliphatic rings. The Morgan fingerprint density at radius 3 is 2.54 bits per heavy atom. The molecule has 0 saturated carbocycles. The number of ether oxygens (including phenoxy) is 2. The average molecular weight is 348 g/mol. The quantitative estimate of drug-likeness (QED) is 0.730. The molecule has 0 unspecified atom stereocenters. The number of aromatic nitrogens is 4. The lowest BCUT2D eigenvalue weighted by molar-refractivity contribution is 0.372. The minimum absolute atomic E-state index is 0.135. The number of halogens is 1. The van der Waals surface area contributed by atoms with Crippen molar-refractivity contribution in [1.82, 2.24) is 19.5 Å². The van der Waals surface area contributed by atoms with Crippen molar-refractivity contribution in [3.05, 3.63) is 34.2 Å². The van der Waals surface area contributed by atoms with E-state index in [4.69, 9.17) is 26.8 Å². The van der Waals surface area contributed by atoms with Crippen LogP contribution in [-0.2, 0) is 6.54 Å². The fraction of sp³-hybridized carbons (Fsp3) is 0.312. The monoisotopic (exact) mass is 347 g/mol. The van der Waals surface area contributed by atoms with E-state index in [1.54, 1.807) is 14.2 Å². The Hall–Kier alpha value is -2.54. The van der Waals surface area contributed by atoms with Gasteiger partial charge < -0.3 is 19.8 Å². The number of nitrogens with two attached hydrogens (primary N) is 1. The molecule has 0 amide bonds. The second kappa shape index (κ2) is 6.16. The third kappa shape index (κ3) is 2.60. The van der Waals surface area contributed by atoms with Crippen LogP contribution in [-0.4, -0.2) is 33.7 Å². The largest absolute Gasteiger partial charge is 0.496 e. The highest BCUT2D eigenvalue weighted by molar-refractivity contribution is 6.34. The summed E-state index contributed by atoms with van der Waals surface area (Å²) in [4.78, 5) is 12.8. The Bertz CT molecular complexity index is 923. The van der Waals surface area contributed by atoms with E-state index in [0.29, 0.717) is 23.2 Å². The smallest absolute Gasteiger partial charge is 0.223 e. The molecule has 126 valence electrons. The van der Waals surface area contributed by atoms with E-state index in [0.717, 1.165) is 28.0 Å². The van der Waals surface area contributed by atoms with Crippen molar-refractivity contribution in [2.45, 2.75) is 20.4 Å². The third-order valence-electron chi connectivity index (χ3n) is 3.98. The van der Waals surface area contributed by atoms with Crippen molar-refractivity contribution < 1.29 is 9.47 Å². The highest BCUT2D eigenvalue weighted by atomic mass is 35.5. The van der Waals surface area contributed by atoms with Gasteiger partial charge in [-0.1, -0.05) is 11.6 Å². The highest BCUT2D eigenvalue weighted by Crippen LogP contribution is 2.32. The third-order valence-corrected chi connectivity index (χ3v) is 4.27. The molecule has 3 aromatic rings. The second-order valence-electron chi connectivity index (χ2n) is 5.40. The lowest BCUT2D eigenvalue weighted by Gasteiger charge is -2.16. The lowest BCUT2D eigenvalue weighted by atomic mass is 10.1. The van der Waals surface area contributed by atoms with Crippen LogP contribution in [0.5, 0.6) is 11.6 Å². The van der Waals surface area contributed by atoms with Gasteiger partial charge in [0.25, 0.3) is 0 Å². The summed E-state index contributed by atoms with van der Waals surface area (Å²) in [7, 11) is 3.23. The van der Waals surface area contributed by atoms with Gasteiger partial charge in [-0.15, -0.1) is 0 Å². The van der Waals surface area contributed by atoms with E-state index < -0.39 is 0 Å². The van der Waals surface area contributed by atoms with Crippen LogP contribution < -0.4 is 15.2 Å². The molecule has 24 heavy (non-hydrogen) atoms. The number of nitrogens with zero attached hydrogens (tertiary/aromatic N) is 4. The molecule has 0 radical (unpaired) electrons. The summed E-state index contributed by atoms with van der Waals surface area (Å²) in [6, 6.07) is 1.86. The molecular weight excluding hydrogens is 330 g/mol. The van der Waals surface area contributed by atoms with E-state index in [1.165, 1.54) is 0 Å². The predicted molar refractivity (Wildman–Crippen MR) is 92.9 cm³/mol. The molecule has 8 heteroatoms. The average Bonchev–Trinajstić information content (AvgIpc) is 2.93. The normalized spacial score (nSPS) is 11.0. The molecule has 0 atom stereocenters. The zero-order chi connectivity index (χ0) is 17.4. The Labute approximate surface area is 144 Å². The first kappa shape index (κ1) is 16.3. The summed E-state index contributed by atoms with van der Waals surface area (Å²) < 4.78 is 12.8. The van der Waals surface area contributed by atoms with E-state index in [2.05, 4.69) is 15.0 Å². The maximum atomic E-state index is 6.13. The molecule has 0 aliphatic heterocycles. The van der Waals surface area contributed by atoms with Crippen LogP contribution in [0.3, 0.4) is 0 Å². The van der Waals surface area contributed by atoms with Gasteiger partial charge in [0.15, 0.2) is 0 Å². The number of rotatable bonds is 4. The van der Waals surface area contributed by atoms with Crippen LogP contribution >= 0.6 is 11.6 Å². The molecule has 7 nitrogen and oxygen atoms in total. The number of hydrogen-bond acceptors (Lipinski definition) is 6. The van der Waals surface area contributed by atoms with Gasteiger partial charge in [-0.05, 0) is 19.9 Å². The highest BCUT2D eigenvalue weighted by Gasteiger charge is 2.17. The number of anilines is 1. The molecule has 0 aliphatic carbocycles. The van der Waals surface area contributed by atoms with E-state index in [1.807, 2.05) is 30.7 Å². The number of methoxy groups -OCH3 is 2. The van der Waals surface area contributed by atoms with Crippen molar-refractivity contribution in [3.8, 4) is 11.6 Å². The molecule has 3 heterocycles. The Morgan fingerprint density at radius 1 is 1.12 bits per heavy atom. The molecule has 0 spiro atoms. The number of hydrogen-bond donors (Lipinski definition) is 1. The van der Waals surface area contributed by atoms with Crippen LogP contribution in [0.4, 0.5) is 5.95 Å². The maximum absolute atomic E-state index is 6.13. The zero-order valence-electron chi connectivity index (χ0n) is 13.9. The van der Waals surface area contributed by atoms with Crippen molar-refractivity contribution in [3.63, 3.8) is 0 Å². The molecule has 0 saturated heterocycles. The van der Waals surface area contributed by atoms with Gasteiger partial charge in [0.2, 0.25) is 11.8 Å². The first-order valence-electron chi connectivity index (χ1n) is 7.32. The van der Waals surface area contributed by atoms with E-state index in [-0.39, 0.29) is 5.95 Å². The van der Waals surface area contributed by atoms with Crippen LogP contribution in [0.25, 0.3) is 11.0 Å². The number of pyridine rings is 1. The molecule has 0 bridgehead atoms. The molecule has 0 aromatic carbocycles. The van der Waals surface area contributed by atoms with Gasteiger partial charge in [-0.3, -0.25) is 0 Å². The summed E-state index contributed by atoms with van der Waals surface area (Å²) in [5.74, 6) is 1.44. The number of fused-ring (bicyclic) bond motifs is 1. The summed E-state index contributed by atoms with van der Waals surface area (Å²) in [6.07, 6.45) is 1.88. The van der Waals surface area contributed by atoms with Crippen LogP contribution in [0.2, 0.25) is 5.15 Å². The van der Waals surface area contributed by atoms with Crippen LogP contribution in [0, 0.1) is 13.8 Å². The molecule has 0 fully saturated rings. The van der Waals surface area contributed by atoms with Crippen molar-refractivity contribution in [2.24, 2.45) is 0 Å². The van der Waals surface area contributed by atoms with Crippen molar-refractivity contribution in [1.29, 1.82) is 0 Å². The Kier molecular flexibility index (Phi) is 4.19.